The van der Waals surface area contributed by atoms with E-state index in [-0.39, 0.29) is 12.4 Å². The van der Waals surface area contributed by atoms with Crippen LogP contribution >= 0.6 is 36.5 Å². The number of hydrogen-bond donors (Lipinski definition) is 1. The Morgan fingerprint density at radius 3 is 2.67 bits per heavy atom. The molecule has 0 amide bonds. The third kappa shape index (κ3) is 1.92. The molecule has 0 radical (unpaired) electrons. The van der Waals surface area contributed by atoms with Gasteiger partial charge in [-0.1, -0.05) is 0 Å². The molecule has 36 valence electrons. The first kappa shape index (κ1) is 6.62. The van der Waals surface area contributed by atoms with Crippen LogP contribution < -0.4 is 4.13 Å². The van der Waals surface area contributed by atoms with Crippen LogP contribution in [0.15, 0.2) is 4.40 Å². The first-order valence-electron chi connectivity index (χ1n) is 1.08. The van der Waals surface area contributed by atoms with Gasteiger partial charge in [-0.15, -0.1) is 12.4 Å². The predicted molar refractivity (Wildman–Crippen MR) is 34.1 cm³/mol. The van der Waals surface area contributed by atoms with E-state index in [1.165, 1.54) is 24.1 Å². The minimum absolute atomic E-state index is 0. The van der Waals surface area contributed by atoms with Crippen molar-refractivity contribution in [2.75, 3.05) is 0 Å². The zero-order chi connectivity index (χ0) is 3.54. The predicted octanol–water partition coefficient (Wildman–Crippen LogP) is 1.25. The molecule has 1 rings (SSSR count). The molecule has 5 heteroatoms. The first-order valence-corrected chi connectivity index (χ1v) is 2.74. The zero-order valence-corrected chi connectivity index (χ0v) is 5.20. The third-order valence-corrected chi connectivity index (χ3v) is 1.47. The fraction of sp³-hybridized carbons (Fsp3) is 0. The highest BCUT2D eigenvalue weighted by Gasteiger charge is 1.85. The van der Waals surface area contributed by atoms with Gasteiger partial charge in [0, 0.05) is 0 Å². The van der Waals surface area contributed by atoms with E-state index in [2.05, 4.69) is 8.53 Å². The first-order chi connectivity index (χ1) is 2.50. The maximum absolute atomic E-state index is 3.73. The maximum atomic E-state index is 3.73. The van der Waals surface area contributed by atoms with E-state index in [1.807, 2.05) is 0 Å². The Morgan fingerprint density at radius 1 is 1.67 bits per heavy atom. The molecular weight excluding hydrogens is 140 g/mol. The normalized spacial score (nSPS) is 17.3. The lowest BCUT2D eigenvalue weighted by atomic mass is 11.7. The van der Waals surface area contributed by atoms with Crippen LogP contribution in [0.3, 0.4) is 0 Å². The van der Waals surface area contributed by atoms with Crippen LogP contribution in [-0.4, -0.2) is 5.55 Å². The summed E-state index contributed by atoms with van der Waals surface area (Å²) >= 11 is 2.85. The number of hydrogen-bond acceptors (Lipinski definition) is 4. The molecule has 2 nitrogen and oxygen atoms in total. The molecule has 1 heterocycles. The topological polar surface area (TPSA) is 24.4 Å². The summed E-state index contributed by atoms with van der Waals surface area (Å²) in [5, 5.41) is 0. The molecule has 0 aromatic rings. The summed E-state index contributed by atoms with van der Waals surface area (Å²) in [6, 6.07) is 0. The second-order valence-electron chi connectivity index (χ2n) is 0.503. The van der Waals surface area contributed by atoms with Crippen LogP contribution in [-0.2, 0) is 0 Å². The highest BCUT2D eigenvalue weighted by atomic mass is 35.5. The fourth-order valence-electron chi connectivity index (χ4n) is 0.108. The van der Waals surface area contributed by atoms with Gasteiger partial charge in [0.2, 0.25) is 0 Å². The van der Waals surface area contributed by atoms with Gasteiger partial charge in [-0.25, -0.2) is 0 Å². The molecule has 0 spiro atoms. The van der Waals surface area contributed by atoms with Gasteiger partial charge in [-0.05, 0) is 11.9 Å². The minimum atomic E-state index is 0. The smallest absolute Gasteiger partial charge is 0.0856 e. The van der Waals surface area contributed by atoms with Crippen LogP contribution in [0, 0.1) is 0 Å². The number of nitrogens with zero attached hydrogens (tertiary/aromatic N) is 1. The van der Waals surface area contributed by atoms with Crippen molar-refractivity contribution in [2.45, 2.75) is 0 Å². The van der Waals surface area contributed by atoms with Gasteiger partial charge in [-0.2, -0.15) is 8.53 Å². The standard InChI is InChI=1S/CH2N2S2.ClH/c1-2-5-3-4-1;/h1,3H;1H. The van der Waals surface area contributed by atoms with E-state index in [0.29, 0.717) is 0 Å². The van der Waals surface area contributed by atoms with Crippen LogP contribution in [0.2, 0.25) is 0 Å². The van der Waals surface area contributed by atoms with E-state index in [4.69, 9.17) is 0 Å². The van der Waals surface area contributed by atoms with Gasteiger partial charge < -0.3 is 0 Å². The summed E-state index contributed by atoms with van der Waals surface area (Å²) in [6.45, 7) is 0. The summed E-state index contributed by atoms with van der Waals surface area (Å²) in [6.07, 6.45) is 0. The second kappa shape index (κ2) is 3.80. The summed E-state index contributed by atoms with van der Waals surface area (Å²) in [7, 11) is 0. The highest BCUT2D eigenvalue weighted by Crippen LogP contribution is 2.08. The highest BCUT2D eigenvalue weighted by molar-refractivity contribution is 8.22. The fourth-order valence-corrected chi connectivity index (χ4v) is 0.968. The minimum Gasteiger partial charge on any atom is -0.199 e. The maximum Gasteiger partial charge on any atom is 0.0856 e. The Balaban J connectivity index is 0.000000250. The van der Waals surface area contributed by atoms with E-state index in [1.54, 1.807) is 5.55 Å². The van der Waals surface area contributed by atoms with Gasteiger partial charge in [0.15, 0.2) is 0 Å². The average Bonchev–Trinajstić information content (AvgIpc) is 1.76. The Bertz CT molecular complexity index is 49.5. The summed E-state index contributed by atoms with van der Waals surface area (Å²) < 4.78 is 6.56. The van der Waals surface area contributed by atoms with Crippen molar-refractivity contribution in [2.24, 2.45) is 4.40 Å². The lowest BCUT2D eigenvalue weighted by Crippen LogP contribution is -1.74. The molecule has 0 saturated heterocycles. The number of rotatable bonds is 0. The van der Waals surface area contributed by atoms with Crippen LogP contribution in [0.25, 0.3) is 0 Å². The Kier molecular flexibility index (Phi) is 4.19. The molecule has 0 aromatic carbocycles. The van der Waals surface area contributed by atoms with Crippen molar-refractivity contribution in [3.05, 3.63) is 0 Å². The molecule has 0 aromatic heterocycles. The van der Waals surface area contributed by atoms with E-state index in [9.17, 15) is 0 Å². The van der Waals surface area contributed by atoms with Crippen LogP contribution in [0.4, 0.5) is 0 Å². The Labute approximate surface area is 51.0 Å². The molecule has 0 aliphatic carbocycles. The average molecular weight is 143 g/mol. The largest absolute Gasteiger partial charge is 0.199 e. The molecule has 6 heavy (non-hydrogen) atoms. The molecular formula is CH3ClN2S2. The molecule has 1 aliphatic rings. The molecule has 0 unspecified atom stereocenters. The van der Waals surface area contributed by atoms with Crippen molar-refractivity contribution in [3.63, 3.8) is 0 Å². The number of halogens is 1. The Hall–Kier alpha value is 0.620. The summed E-state index contributed by atoms with van der Waals surface area (Å²) in [4.78, 5) is 0. The molecule has 1 aliphatic heterocycles. The van der Waals surface area contributed by atoms with Crippen molar-refractivity contribution in [1.82, 2.24) is 4.13 Å². The van der Waals surface area contributed by atoms with Crippen LogP contribution in [0.1, 0.15) is 0 Å². The van der Waals surface area contributed by atoms with Crippen molar-refractivity contribution in [1.29, 1.82) is 0 Å². The molecule has 0 bridgehead atoms. The van der Waals surface area contributed by atoms with Gasteiger partial charge in [0.25, 0.3) is 0 Å². The van der Waals surface area contributed by atoms with Gasteiger partial charge in [0.05, 0.1) is 17.7 Å². The van der Waals surface area contributed by atoms with Crippen molar-refractivity contribution >= 4 is 42.0 Å². The lowest BCUT2D eigenvalue weighted by molar-refractivity contribution is 1.77. The van der Waals surface area contributed by atoms with E-state index >= 15 is 0 Å². The molecule has 0 atom stereocenters. The second-order valence-corrected chi connectivity index (χ2v) is 2.01. The monoisotopic (exact) mass is 142 g/mol. The van der Waals surface area contributed by atoms with Gasteiger partial charge in [0.1, 0.15) is 0 Å². The quantitative estimate of drug-likeness (QED) is 0.516. The zero-order valence-electron chi connectivity index (χ0n) is 2.75. The number of nitrogens with one attached hydrogen (secondary N) is 1. The summed E-state index contributed by atoms with van der Waals surface area (Å²) in [5.74, 6) is 0. The van der Waals surface area contributed by atoms with Crippen LogP contribution in [0.5, 0.6) is 0 Å². The molecule has 1 N–H and O–H groups in total. The Morgan fingerprint density at radius 2 is 2.50 bits per heavy atom. The lowest BCUT2D eigenvalue weighted by Gasteiger charge is -1.71. The molecule has 0 saturated carbocycles. The third-order valence-electron chi connectivity index (χ3n) is 0.234. The SMILES string of the molecule is C1=NSNS1.Cl. The van der Waals surface area contributed by atoms with Gasteiger partial charge in [-0.3, -0.25) is 0 Å². The molecule has 0 fully saturated rings. The van der Waals surface area contributed by atoms with Crippen molar-refractivity contribution < 1.29 is 0 Å². The summed E-state index contributed by atoms with van der Waals surface area (Å²) in [5.41, 5.74) is 1.75. The van der Waals surface area contributed by atoms with E-state index in [0.717, 1.165) is 0 Å². The van der Waals surface area contributed by atoms with Crippen molar-refractivity contribution in [3.8, 4) is 0 Å². The van der Waals surface area contributed by atoms with Gasteiger partial charge >= 0.3 is 0 Å². The van der Waals surface area contributed by atoms with E-state index < -0.39 is 0 Å².